The third kappa shape index (κ3) is 5.97. The predicted molar refractivity (Wildman–Crippen MR) is 111 cm³/mol. The molecule has 27 heavy (non-hydrogen) atoms. The molecular formula is C20H25ClN2O3S. The second-order valence-electron chi connectivity index (χ2n) is 7.64. The minimum absolute atomic E-state index is 0.0611. The molecular weight excluding hydrogens is 384 g/mol. The maximum absolute atomic E-state index is 12.6. The number of hydrogen-bond donors (Lipinski definition) is 2. The zero-order valence-electron chi connectivity index (χ0n) is 16.1. The van der Waals surface area contributed by atoms with E-state index >= 15 is 0 Å². The molecule has 5 nitrogen and oxygen atoms in total. The minimum Gasteiger partial charge on any atom is -0.345 e. The lowest BCUT2D eigenvalue weighted by molar-refractivity contribution is 0.0940. The Kier molecular flexibility index (Phi) is 6.22. The summed E-state index contributed by atoms with van der Waals surface area (Å²) in [6, 6.07) is 12.3. The largest absolute Gasteiger partial charge is 0.345 e. The number of anilines is 1. The first kappa shape index (κ1) is 21.3. The van der Waals surface area contributed by atoms with Crippen LogP contribution in [-0.2, 0) is 15.4 Å². The molecule has 0 unspecified atom stereocenters. The number of nitrogens with one attached hydrogen (secondary N) is 2. The van der Waals surface area contributed by atoms with Crippen molar-refractivity contribution in [2.24, 2.45) is 0 Å². The van der Waals surface area contributed by atoms with Gasteiger partial charge in [-0.05, 0) is 41.7 Å². The number of halogens is 1. The van der Waals surface area contributed by atoms with Gasteiger partial charge in [0.15, 0.2) is 0 Å². The molecule has 1 atom stereocenters. The van der Waals surface area contributed by atoms with Crippen LogP contribution < -0.4 is 10.0 Å². The molecule has 0 saturated carbocycles. The molecule has 0 bridgehead atoms. The van der Waals surface area contributed by atoms with Gasteiger partial charge in [0.2, 0.25) is 10.0 Å². The first-order valence-electron chi connectivity index (χ1n) is 8.55. The van der Waals surface area contributed by atoms with Crippen LogP contribution in [0.25, 0.3) is 0 Å². The topological polar surface area (TPSA) is 75.3 Å². The van der Waals surface area contributed by atoms with E-state index < -0.39 is 10.0 Å². The lowest BCUT2D eigenvalue weighted by atomic mass is 9.86. The maximum atomic E-state index is 12.6. The van der Waals surface area contributed by atoms with Gasteiger partial charge in [0.25, 0.3) is 5.91 Å². The summed E-state index contributed by atoms with van der Waals surface area (Å²) in [6.45, 7) is 8.32. The number of hydrogen-bond acceptors (Lipinski definition) is 3. The van der Waals surface area contributed by atoms with Crippen LogP contribution in [0.5, 0.6) is 0 Å². The van der Waals surface area contributed by atoms with Crippen LogP contribution in [0.3, 0.4) is 0 Å². The van der Waals surface area contributed by atoms with E-state index in [1.807, 2.05) is 19.1 Å². The molecule has 0 saturated heterocycles. The lowest BCUT2D eigenvalue weighted by Crippen LogP contribution is -2.27. The van der Waals surface area contributed by atoms with Gasteiger partial charge in [-0.2, -0.15) is 0 Å². The van der Waals surface area contributed by atoms with Gasteiger partial charge in [-0.3, -0.25) is 9.52 Å². The average molecular weight is 409 g/mol. The molecule has 0 aliphatic heterocycles. The quantitative estimate of drug-likeness (QED) is 0.764. The summed E-state index contributed by atoms with van der Waals surface area (Å²) < 4.78 is 25.1. The van der Waals surface area contributed by atoms with Crippen molar-refractivity contribution in [3.8, 4) is 0 Å². The highest BCUT2D eigenvalue weighted by Crippen LogP contribution is 2.25. The van der Waals surface area contributed by atoms with Crippen LogP contribution in [0.2, 0.25) is 5.02 Å². The number of amides is 1. The Morgan fingerprint density at radius 1 is 1.07 bits per heavy atom. The Labute approximate surface area is 166 Å². The highest BCUT2D eigenvalue weighted by Gasteiger charge is 2.17. The van der Waals surface area contributed by atoms with Gasteiger partial charge in [0, 0.05) is 5.69 Å². The molecule has 146 valence electrons. The summed E-state index contributed by atoms with van der Waals surface area (Å²) in [5, 5.41) is 3.15. The summed E-state index contributed by atoms with van der Waals surface area (Å²) in [6.07, 6.45) is 1.05. The van der Waals surface area contributed by atoms with E-state index in [-0.39, 0.29) is 33.6 Å². The van der Waals surface area contributed by atoms with E-state index in [1.165, 1.54) is 23.8 Å². The van der Waals surface area contributed by atoms with Crippen molar-refractivity contribution in [3.05, 3.63) is 64.2 Å². The number of benzene rings is 2. The fourth-order valence-electron chi connectivity index (χ4n) is 2.61. The molecule has 0 heterocycles. The fourth-order valence-corrected chi connectivity index (χ4v) is 3.36. The van der Waals surface area contributed by atoms with Gasteiger partial charge < -0.3 is 5.32 Å². The van der Waals surface area contributed by atoms with Gasteiger partial charge in [-0.15, -0.1) is 0 Å². The minimum atomic E-state index is -3.44. The van der Waals surface area contributed by atoms with Crippen LogP contribution in [0.1, 0.15) is 55.2 Å². The Hall–Kier alpha value is -2.05. The Balaban J connectivity index is 2.17. The molecule has 2 aromatic carbocycles. The van der Waals surface area contributed by atoms with Crippen molar-refractivity contribution >= 4 is 33.2 Å². The van der Waals surface area contributed by atoms with Crippen LogP contribution >= 0.6 is 11.6 Å². The molecule has 0 spiro atoms. The van der Waals surface area contributed by atoms with Gasteiger partial charge in [0.1, 0.15) is 0 Å². The SMILES string of the molecule is C[C@@H](NC(=O)c1cc(NS(C)(=O)=O)ccc1Cl)c1ccc(C(C)(C)C)cc1. The Morgan fingerprint density at radius 2 is 1.67 bits per heavy atom. The number of sulfonamides is 1. The van der Waals surface area contributed by atoms with Gasteiger partial charge in [-0.25, -0.2) is 8.42 Å². The van der Waals surface area contributed by atoms with Crippen molar-refractivity contribution in [1.82, 2.24) is 5.32 Å². The first-order chi connectivity index (χ1) is 12.4. The summed E-state index contributed by atoms with van der Waals surface area (Å²) in [5.74, 6) is -0.371. The van der Waals surface area contributed by atoms with Gasteiger partial charge in [-0.1, -0.05) is 56.6 Å². The summed E-state index contributed by atoms with van der Waals surface area (Å²) in [7, 11) is -3.44. The molecule has 0 radical (unpaired) electrons. The molecule has 2 aromatic rings. The molecule has 0 aliphatic rings. The Bertz CT molecular complexity index is 933. The fraction of sp³-hybridized carbons (Fsp3) is 0.350. The van der Waals surface area contributed by atoms with E-state index in [4.69, 9.17) is 11.6 Å². The normalized spacial score (nSPS) is 13.1. The van der Waals surface area contributed by atoms with Crippen molar-refractivity contribution in [1.29, 1.82) is 0 Å². The van der Waals surface area contributed by atoms with Gasteiger partial charge in [0.05, 0.1) is 22.9 Å². The molecule has 0 aliphatic carbocycles. The van der Waals surface area contributed by atoms with Crippen LogP contribution in [0, 0.1) is 0 Å². The third-order valence-electron chi connectivity index (χ3n) is 4.14. The summed E-state index contributed by atoms with van der Waals surface area (Å²) in [4.78, 5) is 12.6. The molecule has 2 N–H and O–H groups in total. The number of rotatable bonds is 5. The Morgan fingerprint density at radius 3 is 2.19 bits per heavy atom. The molecule has 0 aromatic heterocycles. The lowest BCUT2D eigenvalue weighted by Gasteiger charge is -2.21. The van der Waals surface area contributed by atoms with Crippen LogP contribution in [0.15, 0.2) is 42.5 Å². The highest BCUT2D eigenvalue weighted by atomic mass is 35.5. The predicted octanol–water partition coefficient (Wildman–Crippen LogP) is 4.50. The maximum Gasteiger partial charge on any atom is 0.253 e. The van der Waals surface area contributed by atoms with E-state index in [1.54, 1.807) is 0 Å². The van der Waals surface area contributed by atoms with Crippen molar-refractivity contribution < 1.29 is 13.2 Å². The molecule has 7 heteroatoms. The van der Waals surface area contributed by atoms with Gasteiger partial charge >= 0.3 is 0 Å². The second kappa shape index (κ2) is 7.90. The molecule has 2 rings (SSSR count). The van der Waals surface area contributed by atoms with Crippen molar-refractivity contribution in [3.63, 3.8) is 0 Å². The smallest absolute Gasteiger partial charge is 0.253 e. The van der Waals surface area contributed by atoms with Crippen molar-refractivity contribution in [2.75, 3.05) is 11.0 Å². The number of carbonyl (C=O) groups excluding carboxylic acids is 1. The first-order valence-corrected chi connectivity index (χ1v) is 10.8. The standard InChI is InChI=1S/C20H25ClN2O3S/c1-13(14-6-8-15(9-7-14)20(2,3)4)22-19(24)17-12-16(10-11-18(17)21)23-27(5,25)26/h6-13,23H,1-5H3,(H,22,24)/t13-/m1/s1. The zero-order valence-corrected chi connectivity index (χ0v) is 17.7. The van der Waals surface area contributed by atoms with Crippen LogP contribution in [0.4, 0.5) is 5.69 Å². The van der Waals surface area contributed by atoms with Crippen LogP contribution in [-0.4, -0.2) is 20.6 Å². The average Bonchev–Trinajstić information content (AvgIpc) is 2.54. The van der Waals surface area contributed by atoms with E-state index in [2.05, 4.69) is 42.9 Å². The summed E-state index contributed by atoms with van der Waals surface area (Å²) >= 11 is 6.12. The zero-order chi connectivity index (χ0) is 20.4. The molecule has 1 amide bonds. The second-order valence-corrected chi connectivity index (χ2v) is 9.79. The highest BCUT2D eigenvalue weighted by molar-refractivity contribution is 7.92. The van der Waals surface area contributed by atoms with Crippen molar-refractivity contribution in [2.45, 2.75) is 39.2 Å². The number of carbonyl (C=O) groups is 1. The third-order valence-corrected chi connectivity index (χ3v) is 5.07. The summed E-state index contributed by atoms with van der Waals surface area (Å²) in [5.41, 5.74) is 2.74. The van der Waals surface area contributed by atoms with E-state index in [0.29, 0.717) is 0 Å². The monoisotopic (exact) mass is 408 g/mol. The van der Waals surface area contributed by atoms with E-state index in [0.717, 1.165) is 11.8 Å². The van der Waals surface area contributed by atoms with E-state index in [9.17, 15) is 13.2 Å². The molecule has 0 fully saturated rings.